The Hall–Kier alpha value is -2.35. The molecule has 2 rings (SSSR count). The van der Waals surface area contributed by atoms with Gasteiger partial charge in [0.2, 0.25) is 0 Å². The molecule has 0 radical (unpaired) electrons. The first-order valence-electron chi connectivity index (χ1n) is 5.80. The normalized spacial score (nSPS) is 9.83. The van der Waals surface area contributed by atoms with E-state index in [0.717, 1.165) is 16.8 Å². The van der Waals surface area contributed by atoms with E-state index in [0.29, 0.717) is 5.56 Å². The van der Waals surface area contributed by atoms with Crippen molar-refractivity contribution in [3.8, 4) is 0 Å². The molecule has 0 aliphatic carbocycles. The highest BCUT2D eigenvalue weighted by atomic mass is 16.1. The van der Waals surface area contributed by atoms with Crippen molar-refractivity contribution in [1.29, 1.82) is 0 Å². The smallest absolute Gasteiger partial charge is 0.255 e. The number of hydrogen-bond acceptors (Lipinski definition) is 1. The molecule has 2 heteroatoms. The minimum absolute atomic E-state index is 0.0973. The Kier molecular flexibility index (Phi) is 3.58. The largest absolute Gasteiger partial charge is 0.322 e. The van der Waals surface area contributed by atoms with Crippen molar-refractivity contribution in [3.05, 3.63) is 71.8 Å². The van der Waals surface area contributed by atoms with E-state index in [4.69, 9.17) is 0 Å². The van der Waals surface area contributed by atoms with Crippen molar-refractivity contribution in [2.45, 2.75) is 6.92 Å². The van der Waals surface area contributed by atoms with Crippen LogP contribution in [0.15, 0.2) is 55.1 Å². The minimum atomic E-state index is -0.0973. The molecule has 2 aromatic carbocycles. The van der Waals surface area contributed by atoms with Crippen LogP contribution in [0.2, 0.25) is 0 Å². The van der Waals surface area contributed by atoms with E-state index in [1.54, 1.807) is 18.2 Å². The van der Waals surface area contributed by atoms with Gasteiger partial charge in [0.1, 0.15) is 0 Å². The highest BCUT2D eigenvalue weighted by Gasteiger charge is 2.06. The molecule has 0 bridgehead atoms. The second kappa shape index (κ2) is 5.32. The zero-order valence-corrected chi connectivity index (χ0v) is 10.3. The second-order valence-corrected chi connectivity index (χ2v) is 4.10. The van der Waals surface area contributed by atoms with Crippen LogP contribution in [-0.4, -0.2) is 5.91 Å². The summed E-state index contributed by atoms with van der Waals surface area (Å²) < 4.78 is 0. The van der Waals surface area contributed by atoms with Crippen molar-refractivity contribution in [2.75, 3.05) is 5.32 Å². The maximum atomic E-state index is 12.0. The number of nitrogens with one attached hydrogen (secondary N) is 1. The van der Waals surface area contributed by atoms with Gasteiger partial charge in [-0.15, -0.1) is 0 Å². The van der Waals surface area contributed by atoms with Crippen LogP contribution < -0.4 is 5.32 Å². The highest BCUT2D eigenvalue weighted by molar-refractivity contribution is 6.04. The molecule has 18 heavy (non-hydrogen) atoms. The van der Waals surface area contributed by atoms with E-state index in [-0.39, 0.29) is 5.91 Å². The van der Waals surface area contributed by atoms with Gasteiger partial charge in [-0.2, -0.15) is 0 Å². The number of carbonyl (C=O) groups is 1. The Bertz CT molecular complexity index is 570. The number of carbonyl (C=O) groups excluding carboxylic acids is 1. The molecule has 1 N–H and O–H groups in total. The van der Waals surface area contributed by atoms with Crippen molar-refractivity contribution in [2.24, 2.45) is 0 Å². The number of hydrogen-bond donors (Lipinski definition) is 1. The fourth-order valence-electron chi connectivity index (χ4n) is 1.68. The van der Waals surface area contributed by atoms with Crippen molar-refractivity contribution in [1.82, 2.24) is 0 Å². The molecule has 0 spiro atoms. The molecular weight excluding hydrogens is 222 g/mol. The van der Waals surface area contributed by atoms with Gasteiger partial charge in [-0.25, -0.2) is 0 Å². The lowest BCUT2D eigenvalue weighted by Crippen LogP contribution is -2.12. The standard InChI is InChI=1S/C16H15NO/c1-3-13-8-10-14(11-9-13)16(18)17-15-7-5-4-6-12(15)2/h3-11H,1H2,2H3,(H,17,18). The summed E-state index contributed by atoms with van der Waals surface area (Å²) in [6, 6.07) is 15.1. The van der Waals surface area contributed by atoms with Gasteiger partial charge in [-0.05, 0) is 36.2 Å². The molecule has 0 aliphatic heterocycles. The summed E-state index contributed by atoms with van der Waals surface area (Å²) in [5.74, 6) is -0.0973. The van der Waals surface area contributed by atoms with E-state index in [9.17, 15) is 4.79 Å². The Labute approximate surface area is 107 Å². The Balaban J connectivity index is 2.17. The zero-order valence-electron chi connectivity index (χ0n) is 10.3. The van der Waals surface area contributed by atoms with Crippen LogP contribution in [0, 0.1) is 6.92 Å². The Morgan fingerprint density at radius 3 is 2.39 bits per heavy atom. The first kappa shape index (κ1) is 12.1. The quantitative estimate of drug-likeness (QED) is 0.862. The van der Waals surface area contributed by atoms with Crippen LogP contribution in [0.1, 0.15) is 21.5 Å². The third-order valence-corrected chi connectivity index (χ3v) is 2.80. The molecule has 0 heterocycles. The van der Waals surface area contributed by atoms with Crippen LogP contribution in [0.25, 0.3) is 6.08 Å². The van der Waals surface area contributed by atoms with Gasteiger partial charge in [0.25, 0.3) is 5.91 Å². The summed E-state index contributed by atoms with van der Waals surface area (Å²) in [5, 5.41) is 2.90. The number of benzene rings is 2. The fraction of sp³-hybridized carbons (Fsp3) is 0.0625. The second-order valence-electron chi connectivity index (χ2n) is 4.10. The van der Waals surface area contributed by atoms with Crippen LogP contribution in [0.3, 0.4) is 0 Å². The number of para-hydroxylation sites is 1. The van der Waals surface area contributed by atoms with Gasteiger partial charge in [0, 0.05) is 11.3 Å². The van der Waals surface area contributed by atoms with E-state index in [1.165, 1.54) is 0 Å². The van der Waals surface area contributed by atoms with E-state index >= 15 is 0 Å². The predicted octanol–water partition coefficient (Wildman–Crippen LogP) is 3.89. The molecule has 2 aromatic rings. The minimum Gasteiger partial charge on any atom is -0.322 e. The summed E-state index contributed by atoms with van der Waals surface area (Å²) in [6.07, 6.45) is 1.75. The molecule has 2 nitrogen and oxygen atoms in total. The SMILES string of the molecule is C=Cc1ccc(C(=O)Nc2ccccc2C)cc1. The predicted molar refractivity (Wildman–Crippen MR) is 75.7 cm³/mol. The lowest BCUT2D eigenvalue weighted by atomic mass is 10.1. The maximum absolute atomic E-state index is 12.0. The van der Waals surface area contributed by atoms with E-state index in [1.807, 2.05) is 43.3 Å². The third kappa shape index (κ3) is 2.66. The van der Waals surface area contributed by atoms with E-state index < -0.39 is 0 Å². The molecular formula is C16H15NO. The monoisotopic (exact) mass is 237 g/mol. The summed E-state index contributed by atoms with van der Waals surface area (Å²) in [7, 11) is 0. The highest BCUT2D eigenvalue weighted by Crippen LogP contribution is 2.15. The molecule has 0 saturated heterocycles. The van der Waals surface area contributed by atoms with Gasteiger partial charge in [-0.3, -0.25) is 4.79 Å². The Morgan fingerprint density at radius 2 is 1.78 bits per heavy atom. The summed E-state index contributed by atoms with van der Waals surface area (Å²) >= 11 is 0. The van der Waals surface area contributed by atoms with Gasteiger partial charge >= 0.3 is 0 Å². The zero-order chi connectivity index (χ0) is 13.0. The molecule has 0 fully saturated rings. The molecule has 0 atom stereocenters. The van der Waals surface area contributed by atoms with Crippen LogP contribution in [-0.2, 0) is 0 Å². The first-order chi connectivity index (χ1) is 8.70. The summed E-state index contributed by atoms with van der Waals surface area (Å²) in [5.41, 5.74) is 3.54. The van der Waals surface area contributed by atoms with Crippen molar-refractivity contribution in [3.63, 3.8) is 0 Å². The van der Waals surface area contributed by atoms with Crippen LogP contribution >= 0.6 is 0 Å². The van der Waals surface area contributed by atoms with Crippen LogP contribution in [0.5, 0.6) is 0 Å². The fourth-order valence-corrected chi connectivity index (χ4v) is 1.68. The third-order valence-electron chi connectivity index (χ3n) is 2.80. The maximum Gasteiger partial charge on any atom is 0.255 e. The number of aryl methyl sites for hydroxylation is 1. The first-order valence-corrected chi connectivity index (χ1v) is 5.80. The lowest BCUT2D eigenvalue weighted by Gasteiger charge is -2.08. The van der Waals surface area contributed by atoms with Gasteiger partial charge in [0.05, 0.1) is 0 Å². The molecule has 0 aliphatic rings. The van der Waals surface area contributed by atoms with Gasteiger partial charge in [-0.1, -0.05) is 43.0 Å². The summed E-state index contributed by atoms with van der Waals surface area (Å²) in [4.78, 5) is 12.0. The Morgan fingerprint density at radius 1 is 1.11 bits per heavy atom. The average Bonchev–Trinajstić information content (AvgIpc) is 2.41. The molecule has 1 amide bonds. The molecule has 90 valence electrons. The number of anilines is 1. The van der Waals surface area contributed by atoms with Gasteiger partial charge in [0.15, 0.2) is 0 Å². The topological polar surface area (TPSA) is 29.1 Å². The van der Waals surface area contributed by atoms with Crippen molar-refractivity contribution < 1.29 is 4.79 Å². The molecule has 0 unspecified atom stereocenters. The summed E-state index contributed by atoms with van der Waals surface area (Å²) in [6.45, 7) is 5.65. The van der Waals surface area contributed by atoms with Crippen LogP contribution in [0.4, 0.5) is 5.69 Å². The molecule has 0 aromatic heterocycles. The number of amides is 1. The van der Waals surface area contributed by atoms with Gasteiger partial charge < -0.3 is 5.32 Å². The average molecular weight is 237 g/mol. The lowest BCUT2D eigenvalue weighted by molar-refractivity contribution is 0.102. The number of rotatable bonds is 3. The van der Waals surface area contributed by atoms with Crippen molar-refractivity contribution >= 4 is 17.7 Å². The molecule has 0 saturated carbocycles. The van der Waals surface area contributed by atoms with E-state index in [2.05, 4.69) is 11.9 Å².